The van der Waals surface area contributed by atoms with Gasteiger partial charge >= 0.3 is 0 Å². The van der Waals surface area contributed by atoms with Gasteiger partial charge < -0.3 is 11.1 Å². The van der Waals surface area contributed by atoms with E-state index in [1.807, 2.05) is 6.92 Å². The second kappa shape index (κ2) is 5.15. The van der Waals surface area contributed by atoms with Gasteiger partial charge in [0, 0.05) is 25.2 Å². The van der Waals surface area contributed by atoms with E-state index in [2.05, 4.69) is 31.0 Å². The smallest absolute Gasteiger partial charge is 0.234 e. The van der Waals surface area contributed by atoms with Crippen molar-refractivity contribution >= 4 is 5.91 Å². The summed E-state index contributed by atoms with van der Waals surface area (Å²) in [6.45, 7) is 10.8. The molecule has 0 bridgehead atoms. The van der Waals surface area contributed by atoms with Crippen molar-refractivity contribution in [3.8, 4) is 0 Å². The monoisotopic (exact) mass is 227 g/mol. The van der Waals surface area contributed by atoms with Gasteiger partial charge in [0.15, 0.2) is 0 Å². The Bertz CT molecular complexity index is 245. The zero-order valence-electron chi connectivity index (χ0n) is 10.9. The van der Waals surface area contributed by atoms with Crippen LogP contribution in [-0.2, 0) is 4.79 Å². The molecular formula is C12H25N3O. The van der Waals surface area contributed by atoms with Gasteiger partial charge in [-0.25, -0.2) is 0 Å². The number of nitrogens with zero attached hydrogens (tertiary/aromatic N) is 1. The zero-order valence-corrected chi connectivity index (χ0v) is 10.9. The van der Waals surface area contributed by atoms with Crippen LogP contribution in [-0.4, -0.2) is 42.5 Å². The van der Waals surface area contributed by atoms with Gasteiger partial charge in [0.25, 0.3) is 0 Å². The molecule has 16 heavy (non-hydrogen) atoms. The minimum atomic E-state index is 0.0749. The molecule has 0 aliphatic carbocycles. The summed E-state index contributed by atoms with van der Waals surface area (Å²) in [6, 6.07) is 0.322. The maximum atomic E-state index is 11.6. The first-order chi connectivity index (χ1) is 7.32. The predicted octanol–water partition coefficient (Wildman–Crippen LogP) is 0.570. The molecule has 3 N–H and O–H groups in total. The lowest BCUT2D eigenvalue weighted by Crippen LogP contribution is -2.55. The van der Waals surface area contributed by atoms with E-state index in [0.29, 0.717) is 6.54 Å². The maximum Gasteiger partial charge on any atom is 0.234 e. The highest BCUT2D eigenvalue weighted by Crippen LogP contribution is 2.26. The van der Waals surface area contributed by atoms with Crippen molar-refractivity contribution in [1.82, 2.24) is 10.2 Å². The quantitative estimate of drug-likeness (QED) is 0.725. The fourth-order valence-electron chi connectivity index (χ4n) is 2.74. The number of rotatable bonds is 2. The number of carbonyl (C=O) groups is 1. The molecule has 0 aromatic heterocycles. The number of nitrogens with two attached hydrogens (primary N) is 1. The molecule has 0 radical (unpaired) electrons. The maximum absolute atomic E-state index is 11.6. The summed E-state index contributed by atoms with van der Waals surface area (Å²) in [4.78, 5) is 13.8. The van der Waals surface area contributed by atoms with Crippen LogP contribution in [0.5, 0.6) is 0 Å². The van der Waals surface area contributed by atoms with Crippen molar-refractivity contribution in [1.29, 1.82) is 0 Å². The summed E-state index contributed by atoms with van der Waals surface area (Å²) in [5, 5.41) is 2.90. The average molecular weight is 227 g/mol. The van der Waals surface area contributed by atoms with Crippen molar-refractivity contribution in [3.63, 3.8) is 0 Å². The summed E-state index contributed by atoms with van der Waals surface area (Å²) >= 11 is 0. The van der Waals surface area contributed by atoms with Gasteiger partial charge in [-0.05, 0) is 18.8 Å². The first-order valence-corrected chi connectivity index (χ1v) is 6.08. The molecule has 1 amide bonds. The normalized spacial score (nSPS) is 23.4. The highest BCUT2D eigenvalue weighted by atomic mass is 16.2. The molecule has 1 saturated heterocycles. The van der Waals surface area contributed by atoms with Crippen LogP contribution in [0.3, 0.4) is 0 Å². The van der Waals surface area contributed by atoms with Crippen molar-refractivity contribution in [2.75, 3.05) is 19.6 Å². The van der Waals surface area contributed by atoms with Crippen molar-refractivity contribution in [3.05, 3.63) is 0 Å². The zero-order chi connectivity index (χ0) is 12.3. The summed E-state index contributed by atoms with van der Waals surface area (Å²) in [5.74, 6) is 0.118. The lowest BCUT2D eigenvalue weighted by atomic mass is 9.81. The van der Waals surface area contributed by atoms with Crippen LogP contribution in [0.2, 0.25) is 0 Å². The molecule has 0 aromatic carbocycles. The third-order valence-electron chi connectivity index (χ3n) is 3.07. The second-order valence-corrected chi connectivity index (χ2v) is 5.84. The van der Waals surface area contributed by atoms with Crippen LogP contribution in [0, 0.1) is 5.41 Å². The van der Waals surface area contributed by atoms with E-state index in [9.17, 15) is 4.79 Å². The Labute approximate surface area is 98.6 Å². The van der Waals surface area contributed by atoms with E-state index in [0.717, 1.165) is 19.5 Å². The SMILES string of the molecule is CC(N)C(N1CCCNC(=O)C1)C(C)(C)C. The second-order valence-electron chi connectivity index (χ2n) is 5.84. The predicted molar refractivity (Wildman–Crippen MR) is 66.1 cm³/mol. The van der Waals surface area contributed by atoms with Gasteiger partial charge in [0.1, 0.15) is 0 Å². The van der Waals surface area contributed by atoms with E-state index in [4.69, 9.17) is 5.73 Å². The van der Waals surface area contributed by atoms with E-state index in [-0.39, 0.29) is 23.4 Å². The molecule has 1 rings (SSSR count). The van der Waals surface area contributed by atoms with Crippen LogP contribution in [0.15, 0.2) is 0 Å². The van der Waals surface area contributed by atoms with Gasteiger partial charge in [0.05, 0.1) is 6.54 Å². The molecule has 1 aliphatic heterocycles. The average Bonchev–Trinajstić information content (AvgIpc) is 2.26. The van der Waals surface area contributed by atoms with Crippen LogP contribution in [0.25, 0.3) is 0 Å². The lowest BCUT2D eigenvalue weighted by molar-refractivity contribution is -0.122. The third kappa shape index (κ3) is 3.46. The summed E-state index contributed by atoms with van der Waals surface area (Å²) in [5.41, 5.74) is 6.17. The molecule has 2 atom stereocenters. The van der Waals surface area contributed by atoms with E-state index in [1.54, 1.807) is 0 Å². The summed E-state index contributed by atoms with van der Waals surface area (Å²) in [6.07, 6.45) is 1.00. The number of hydrogen-bond acceptors (Lipinski definition) is 3. The highest BCUT2D eigenvalue weighted by Gasteiger charge is 2.34. The topological polar surface area (TPSA) is 58.4 Å². The molecule has 1 fully saturated rings. The highest BCUT2D eigenvalue weighted by molar-refractivity contribution is 5.78. The van der Waals surface area contributed by atoms with Crippen LogP contribution in [0.4, 0.5) is 0 Å². The molecular weight excluding hydrogens is 202 g/mol. The first-order valence-electron chi connectivity index (χ1n) is 6.08. The minimum Gasteiger partial charge on any atom is -0.355 e. The van der Waals surface area contributed by atoms with Gasteiger partial charge in [-0.1, -0.05) is 20.8 Å². The van der Waals surface area contributed by atoms with Crippen LogP contribution in [0.1, 0.15) is 34.1 Å². The van der Waals surface area contributed by atoms with E-state index in [1.165, 1.54) is 0 Å². The molecule has 0 spiro atoms. The number of nitrogens with one attached hydrogen (secondary N) is 1. The van der Waals surface area contributed by atoms with Gasteiger partial charge in [-0.2, -0.15) is 0 Å². The molecule has 0 saturated carbocycles. The van der Waals surface area contributed by atoms with Crippen molar-refractivity contribution < 1.29 is 4.79 Å². The standard InChI is InChI=1S/C12H25N3O/c1-9(13)11(12(2,3)4)15-7-5-6-14-10(16)8-15/h9,11H,5-8,13H2,1-4H3,(H,14,16). The lowest BCUT2D eigenvalue weighted by Gasteiger charge is -2.41. The third-order valence-corrected chi connectivity index (χ3v) is 3.07. The molecule has 4 heteroatoms. The Morgan fingerprint density at radius 2 is 2.06 bits per heavy atom. The number of amides is 1. The fourth-order valence-corrected chi connectivity index (χ4v) is 2.74. The van der Waals surface area contributed by atoms with Crippen molar-refractivity contribution in [2.45, 2.75) is 46.2 Å². The summed E-state index contributed by atoms with van der Waals surface area (Å²) < 4.78 is 0. The molecule has 4 nitrogen and oxygen atoms in total. The molecule has 2 unspecified atom stereocenters. The molecule has 1 heterocycles. The van der Waals surface area contributed by atoms with Gasteiger partial charge in [0.2, 0.25) is 5.91 Å². The minimum absolute atomic E-state index is 0.0749. The Morgan fingerprint density at radius 3 is 2.56 bits per heavy atom. The van der Waals surface area contributed by atoms with Gasteiger partial charge in [-0.15, -0.1) is 0 Å². The van der Waals surface area contributed by atoms with Crippen LogP contribution < -0.4 is 11.1 Å². The number of carbonyl (C=O) groups excluding carboxylic acids is 1. The Balaban J connectivity index is 2.80. The number of hydrogen-bond donors (Lipinski definition) is 2. The first kappa shape index (κ1) is 13.5. The van der Waals surface area contributed by atoms with Gasteiger partial charge in [-0.3, -0.25) is 9.69 Å². The van der Waals surface area contributed by atoms with E-state index >= 15 is 0 Å². The fraction of sp³-hybridized carbons (Fsp3) is 0.917. The van der Waals surface area contributed by atoms with E-state index < -0.39 is 0 Å². The largest absolute Gasteiger partial charge is 0.355 e. The Kier molecular flexibility index (Phi) is 4.33. The molecule has 94 valence electrons. The Hall–Kier alpha value is -0.610. The summed E-state index contributed by atoms with van der Waals surface area (Å²) in [7, 11) is 0. The molecule has 0 aromatic rings. The molecule has 1 aliphatic rings. The Morgan fingerprint density at radius 1 is 1.44 bits per heavy atom. The van der Waals surface area contributed by atoms with Crippen LogP contribution >= 0.6 is 0 Å². The van der Waals surface area contributed by atoms with Crippen molar-refractivity contribution in [2.24, 2.45) is 11.1 Å².